The van der Waals surface area contributed by atoms with E-state index >= 15 is 0 Å². The van der Waals surface area contributed by atoms with E-state index in [1.165, 1.54) is 0 Å². The van der Waals surface area contributed by atoms with Gasteiger partial charge in [0.2, 0.25) is 0 Å². The van der Waals surface area contributed by atoms with Crippen molar-refractivity contribution in [3.05, 3.63) is 35.3 Å². The fourth-order valence-electron chi connectivity index (χ4n) is 2.03. The Labute approximate surface area is 97.3 Å². The number of hydrogen-bond acceptors (Lipinski definition) is 3. The smallest absolute Gasteiger partial charge is 0.159 e. The van der Waals surface area contributed by atoms with Gasteiger partial charge in [-0.25, -0.2) is 0 Å². The van der Waals surface area contributed by atoms with E-state index in [1.807, 2.05) is 26.0 Å². The molecule has 3 aromatic rings. The van der Waals surface area contributed by atoms with Gasteiger partial charge in [-0.1, -0.05) is 11.5 Å². The predicted molar refractivity (Wildman–Crippen MR) is 70.7 cm³/mol. The van der Waals surface area contributed by atoms with E-state index in [-0.39, 0.29) is 0 Å². The minimum atomic E-state index is 0.811. The van der Waals surface area contributed by atoms with Gasteiger partial charge in [0, 0.05) is 16.3 Å². The van der Waals surface area contributed by atoms with Crippen LogP contribution < -0.4 is 5.46 Å². The molecule has 0 fully saturated rings. The van der Waals surface area contributed by atoms with Crippen molar-refractivity contribution in [1.29, 1.82) is 0 Å². The molecule has 0 atom stereocenters. The molecular weight excluding hydrogens is 217 g/mol. The van der Waals surface area contributed by atoms with Gasteiger partial charge in [0.25, 0.3) is 0 Å². The fourth-order valence-corrected chi connectivity index (χ4v) is 3.08. The highest BCUT2D eigenvalue weighted by molar-refractivity contribution is 7.22. The molecule has 76 valence electrons. The molecule has 0 N–H and O–H groups in total. The molecule has 4 heteroatoms. The second-order valence-electron chi connectivity index (χ2n) is 3.72. The minimum Gasteiger partial charge on any atom is -0.297 e. The Morgan fingerprint density at radius 3 is 3.00 bits per heavy atom. The Morgan fingerprint density at radius 2 is 2.19 bits per heavy atom. The first-order valence-corrected chi connectivity index (χ1v) is 5.85. The van der Waals surface area contributed by atoms with Crippen LogP contribution >= 0.6 is 11.3 Å². The van der Waals surface area contributed by atoms with Gasteiger partial charge in [-0.05, 0) is 23.6 Å². The summed E-state index contributed by atoms with van der Waals surface area (Å²) >= 11 is 1.54. The second-order valence-corrected chi connectivity index (χ2v) is 4.80. The Morgan fingerprint density at radius 1 is 1.31 bits per heavy atom. The van der Waals surface area contributed by atoms with Crippen molar-refractivity contribution < 1.29 is 4.79 Å². The number of aromatic nitrogens is 1. The van der Waals surface area contributed by atoms with E-state index in [9.17, 15) is 4.79 Å². The molecule has 0 aliphatic rings. The predicted octanol–water partition coefficient (Wildman–Crippen LogP) is 1.52. The summed E-state index contributed by atoms with van der Waals surface area (Å²) in [6.45, 7) is 0. The molecule has 0 aliphatic heterocycles. The number of carbonyl (C=O) groups excluding carboxylic acids is 1. The van der Waals surface area contributed by atoms with Gasteiger partial charge in [0.05, 0.1) is 10.4 Å². The van der Waals surface area contributed by atoms with E-state index < -0.39 is 0 Å². The first kappa shape index (κ1) is 9.54. The Balaban J connectivity index is 2.59. The second kappa shape index (κ2) is 3.42. The fraction of sp³-hybridized carbons (Fsp3) is 0. The van der Waals surface area contributed by atoms with Gasteiger partial charge >= 0.3 is 0 Å². The number of carbonyl (C=O) groups is 1. The van der Waals surface area contributed by atoms with Crippen LogP contribution in [0.4, 0.5) is 0 Å². The summed E-state index contributed by atoms with van der Waals surface area (Å²) in [7, 11) is 2.00. The van der Waals surface area contributed by atoms with Gasteiger partial charge in [-0.3, -0.25) is 9.78 Å². The number of rotatable bonds is 1. The maximum Gasteiger partial charge on any atom is 0.159 e. The summed E-state index contributed by atoms with van der Waals surface area (Å²) in [5.74, 6) is 0. The third-order valence-electron chi connectivity index (χ3n) is 2.82. The third kappa shape index (κ3) is 1.20. The largest absolute Gasteiger partial charge is 0.297 e. The third-order valence-corrected chi connectivity index (χ3v) is 4.00. The SMILES string of the molecule is Bc1c(C=O)sc2ccc3ncccc3c12. The van der Waals surface area contributed by atoms with E-state index in [4.69, 9.17) is 0 Å². The molecule has 0 saturated heterocycles. The summed E-state index contributed by atoms with van der Waals surface area (Å²) in [6.07, 6.45) is 2.72. The number of hydrogen-bond donors (Lipinski definition) is 0. The number of thiophene rings is 1. The average molecular weight is 225 g/mol. The van der Waals surface area contributed by atoms with Crippen LogP contribution in [0.25, 0.3) is 21.0 Å². The molecule has 2 aromatic heterocycles. The van der Waals surface area contributed by atoms with Crippen molar-refractivity contribution in [3.63, 3.8) is 0 Å². The molecule has 0 spiro atoms. The Hall–Kier alpha value is -1.68. The van der Waals surface area contributed by atoms with Crippen molar-refractivity contribution in [2.75, 3.05) is 0 Å². The number of aldehydes is 1. The van der Waals surface area contributed by atoms with Crippen molar-refractivity contribution in [2.24, 2.45) is 0 Å². The summed E-state index contributed by atoms with van der Waals surface area (Å²) < 4.78 is 1.15. The zero-order chi connectivity index (χ0) is 11.1. The molecule has 3 rings (SSSR count). The topological polar surface area (TPSA) is 30.0 Å². The Kier molecular flexibility index (Phi) is 2.04. The summed E-state index contributed by atoms with van der Waals surface area (Å²) in [6, 6.07) is 8.02. The van der Waals surface area contributed by atoms with Gasteiger partial charge in [-0.15, -0.1) is 11.3 Å². The molecule has 0 unspecified atom stereocenters. The molecule has 1 aromatic carbocycles. The van der Waals surface area contributed by atoms with E-state index in [0.717, 1.165) is 37.6 Å². The highest BCUT2D eigenvalue weighted by atomic mass is 32.1. The van der Waals surface area contributed by atoms with Crippen molar-refractivity contribution >= 4 is 51.9 Å². The monoisotopic (exact) mass is 225 g/mol. The van der Waals surface area contributed by atoms with Crippen LogP contribution in [0, 0.1) is 0 Å². The number of pyridine rings is 1. The van der Waals surface area contributed by atoms with Crippen LogP contribution in [0.1, 0.15) is 9.67 Å². The molecule has 0 saturated carbocycles. The van der Waals surface area contributed by atoms with Crippen LogP contribution in [-0.4, -0.2) is 19.1 Å². The summed E-state index contributed by atoms with van der Waals surface area (Å²) in [5, 5.41) is 2.29. The van der Waals surface area contributed by atoms with Crippen molar-refractivity contribution in [2.45, 2.75) is 0 Å². The minimum absolute atomic E-state index is 0.811. The molecule has 2 heterocycles. The van der Waals surface area contributed by atoms with E-state index in [2.05, 4.69) is 11.1 Å². The molecule has 0 aliphatic carbocycles. The van der Waals surface area contributed by atoms with Crippen LogP contribution in [0.15, 0.2) is 30.5 Å². The zero-order valence-corrected chi connectivity index (χ0v) is 9.54. The molecule has 2 nitrogen and oxygen atoms in total. The van der Waals surface area contributed by atoms with Crippen molar-refractivity contribution in [3.8, 4) is 0 Å². The van der Waals surface area contributed by atoms with E-state index in [1.54, 1.807) is 17.5 Å². The first-order chi connectivity index (χ1) is 7.81. The van der Waals surface area contributed by atoms with Crippen LogP contribution in [0.3, 0.4) is 0 Å². The van der Waals surface area contributed by atoms with Gasteiger partial charge in [-0.2, -0.15) is 0 Å². The molecule has 0 radical (unpaired) electrons. The highest BCUT2D eigenvalue weighted by Gasteiger charge is 2.10. The van der Waals surface area contributed by atoms with Crippen LogP contribution in [0.2, 0.25) is 0 Å². The lowest BCUT2D eigenvalue weighted by Crippen LogP contribution is -2.05. The lowest BCUT2D eigenvalue weighted by Gasteiger charge is -1.99. The average Bonchev–Trinajstić information content (AvgIpc) is 2.66. The van der Waals surface area contributed by atoms with Crippen molar-refractivity contribution in [1.82, 2.24) is 4.98 Å². The molecular formula is C12H8BNOS. The number of benzene rings is 1. The summed E-state index contributed by atoms with van der Waals surface area (Å²) in [4.78, 5) is 16.1. The maximum absolute atomic E-state index is 10.9. The molecule has 0 bridgehead atoms. The normalized spacial score (nSPS) is 11.0. The highest BCUT2D eigenvalue weighted by Crippen LogP contribution is 2.28. The van der Waals surface area contributed by atoms with Crippen LogP contribution in [-0.2, 0) is 0 Å². The lowest BCUT2D eigenvalue weighted by molar-refractivity contribution is 0.112. The quantitative estimate of drug-likeness (QED) is 0.464. The van der Waals surface area contributed by atoms with Gasteiger partial charge in [0.15, 0.2) is 6.29 Å². The van der Waals surface area contributed by atoms with Gasteiger partial charge in [0.1, 0.15) is 7.85 Å². The standard InChI is InChI=1S/C12H8BNOS/c13-12-10(6-15)16-9-4-3-8-7(11(9)12)2-1-5-14-8/h1-6H,13H2. The molecule has 16 heavy (non-hydrogen) atoms. The maximum atomic E-state index is 10.9. The first-order valence-electron chi connectivity index (χ1n) is 5.03. The zero-order valence-electron chi connectivity index (χ0n) is 8.73. The lowest BCUT2D eigenvalue weighted by atomic mass is 9.91. The Bertz CT molecular complexity index is 705. The summed E-state index contributed by atoms with van der Waals surface area (Å²) in [5.41, 5.74) is 2.04. The number of fused-ring (bicyclic) bond motifs is 3. The van der Waals surface area contributed by atoms with Gasteiger partial charge < -0.3 is 0 Å². The van der Waals surface area contributed by atoms with Crippen LogP contribution in [0.5, 0.6) is 0 Å². The molecule has 0 amide bonds. The number of nitrogens with zero attached hydrogens (tertiary/aromatic N) is 1. The van der Waals surface area contributed by atoms with E-state index in [0.29, 0.717) is 0 Å².